The highest BCUT2D eigenvalue weighted by Gasteiger charge is 2.40. The van der Waals surface area contributed by atoms with Gasteiger partial charge in [-0.25, -0.2) is 0 Å². The van der Waals surface area contributed by atoms with Crippen LogP contribution in [0.4, 0.5) is 5.69 Å². The van der Waals surface area contributed by atoms with Crippen molar-refractivity contribution in [3.63, 3.8) is 0 Å². The molecule has 2 fully saturated rings. The molecule has 0 aliphatic carbocycles. The van der Waals surface area contributed by atoms with E-state index >= 15 is 0 Å². The van der Waals surface area contributed by atoms with Crippen LogP contribution in [0.15, 0.2) is 42.5 Å². The molecule has 10 nitrogen and oxygen atoms in total. The zero-order chi connectivity index (χ0) is 37.5. The molecule has 5 rings (SSSR count). The summed E-state index contributed by atoms with van der Waals surface area (Å²) < 4.78 is 11.6. The number of nitrogens with zero attached hydrogens (tertiary/aromatic N) is 3. The molecule has 282 valence electrons. The smallest absolute Gasteiger partial charge is 0.306 e. The predicted molar refractivity (Wildman–Crippen MR) is 206 cm³/mol. The van der Waals surface area contributed by atoms with E-state index in [1.807, 2.05) is 49.4 Å². The summed E-state index contributed by atoms with van der Waals surface area (Å²) in [5.74, 6) is -0.129. The van der Waals surface area contributed by atoms with Crippen molar-refractivity contribution in [1.29, 1.82) is 0 Å². The highest BCUT2D eigenvalue weighted by molar-refractivity contribution is 5.74. The van der Waals surface area contributed by atoms with Crippen LogP contribution in [0.3, 0.4) is 0 Å². The number of carbonyl (C=O) groups is 2. The minimum Gasteiger partial charge on any atom is -0.462 e. The molecule has 3 aromatic rings. The Morgan fingerprint density at radius 3 is 1.49 bits per heavy atom. The number of aryl methyl sites for hydroxylation is 1. The number of aromatic nitrogens is 3. The molecule has 1 aromatic heterocycles. The van der Waals surface area contributed by atoms with Crippen LogP contribution in [0, 0.1) is 6.92 Å². The molecule has 2 aliphatic rings. The molecule has 10 heteroatoms. The molecule has 0 radical (unpaired) electrons. The van der Waals surface area contributed by atoms with Crippen molar-refractivity contribution < 1.29 is 19.1 Å². The normalized spacial score (nSPS) is 19.5. The van der Waals surface area contributed by atoms with Crippen LogP contribution in [0.5, 0.6) is 0 Å². The maximum Gasteiger partial charge on any atom is 0.306 e. The number of unbranched alkanes of at least 4 members (excludes halogenated alkanes) is 5. The van der Waals surface area contributed by atoms with Crippen molar-refractivity contribution >= 4 is 28.7 Å². The Morgan fingerprint density at radius 1 is 0.686 bits per heavy atom. The first-order valence-corrected chi connectivity index (χ1v) is 19.0. The Labute approximate surface area is 306 Å². The van der Waals surface area contributed by atoms with E-state index < -0.39 is 0 Å². The van der Waals surface area contributed by atoms with Crippen molar-refractivity contribution in [3.05, 3.63) is 48.0 Å². The number of piperidine rings is 2. The summed E-state index contributed by atoms with van der Waals surface area (Å²) in [6, 6.07) is 13.6. The van der Waals surface area contributed by atoms with E-state index in [0.29, 0.717) is 18.5 Å². The van der Waals surface area contributed by atoms with E-state index in [9.17, 15) is 9.59 Å². The third-order valence-corrected chi connectivity index (χ3v) is 9.60. The number of fused-ring (bicyclic) bond motifs is 1. The summed E-state index contributed by atoms with van der Waals surface area (Å²) in [5, 5.41) is 16.1. The molecule has 2 aromatic carbocycles. The number of rotatable bonds is 12. The monoisotopic (exact) mass is 704 g/mol. The number of hydrogen-bond donors (Lipinski definition) is 3. The Morgan fingerprint density at radius 2 is 1.08 bits per heavy atom. The average molecular weight is 705 g/mol. The summed E-state index contributed by atoms with van der Waals surface area (Å²) in [7, 11) is 0. The van der Waals surface area contributed by atoms with Crippen LogP contribution >= 0.6 is 0 Å². The number of nitrogens with two attached hydrogens (primary N) is 1. The van der Waals surface area contributed by atoms with Gasteiger partial charge in [0.05, 0.1) is 5.69 Å². The third-order valence-electron chi connectivity index (χ3n) is 9.60. The lowest BCUT2D eigenvalue weighted by Crippen LogP contribution is -2.59. The molecule has 0 atom stereocenters. The van der Waals surface area contributed by atoms with Crippen LogP contribution in [-0.4, -0.2) is 61.3 Å². The second kappa shape index (κ2) is 16.9. The second-order valence-electron chi connectivity index (χ2n) is 17.5. The number of benzene rings is 2. The number of nitrogens with one attached hydrogen (secondary N) is 2. The van der Waals surface area contributed by atoms with Gasteiger partial charge in [0.15, 0.2) is 0 Å². The van der Waals surface area contributed by atoms with Gasteiger partial charge in [-0.15, -0.1) is 15.0 Å². The molecule has 0 saturated carbocycles. The minimum absolute atomic E-state index is 0.000484. The van der Waals surface area contributed by atoms with E-state index in [1.54, 1.807) is 4.80 Å². The van der Waals surface area contributed by atoms with E-state index in [-0.39, 0.29) is 46.3 Å². The van der Waals surface area contributed by atoms with E-state index in [2.05, 4.69) is 76.2 Å². The van der Waals surface area contributed by atoms with Gasteiger partial charge in [0.1, 0.15) is 28.9 Å². The van der Waals surface area contributed by atoms with Crippen molar-refractivity contribution in [2.75, 3.05) is 5.73 Å². The number of nitrogen functional groups attached to an aromatic ring is 1. The number of anilines is 1. The van der Waals surface area contributed by atoms with Gasteiger partial charge in [0, 0.05) is 60.7 Å². The molecule has 4 N–H and O–H groups in total. The number of carbonyl (C=O) groups excluding carboxylic acids is 2. The molecule has 51 heavy (non-hydrogen) atoms. The molecule has 0 bridgehead atoms. The predicted octanol–water partition coefficient (Wildman–Crippen LogP) is 8.12. The van der Waals surface area contributed by atoms with E-state index in [4.69, 9.17) is 15.2 Å². The van der Waals surface area contributed by atoms with Crippen molar-refractivity contribution in [2.24, 2.45) is 0 Å². The zero-order valence-corrected chi connectivity index (χ0v) is 32.7. The largest absolute Gasteiger partial charge is 0.462 e. The van der Waals surface area contributed by atoms with Crippen molar-refractivity contribution in [3.8, 4) is 5.69 Å². The molecule has 2 saturated heterocycles. The fraction of sp³-hybridized carbons (Fsp3) is 0.659. The molecule has 3 heterocycles. The standard InChI is InChI=1S/C28H52N2O4.C13H12N4/c1-25(2)17-21(18-26(3,4)29-25)33-23(31)15-13-11-9-10-12-14-16-24(32)34-22-19-27(5,6)30-28(7,8)20-22;1-9-6-7-10(14)13(8-9)17-15-11-4-2-3-5-12(11)16-17/h21-22,29-30H,9-20H2,1-8H3;2-8H,14H2,1H3. The molecule has 2 aliphatic heterocycles. The lowest BCUT2D eigenvalue weighted by molar-refractivity contribution is -0.154. The minimum atomic E-state index is -0.0643. The van der Waals surface area contributed by atoms with Gasteiger partial charge in [-0.2, -0.15) is 0 Å². The summed E-state index contributed by atoms with van der Waals surface area (Å²) in [4.78, 5) is 26.2. The molecule has 0 spiro atoms. The van der Waals surface area contributed by atoms with Crippen molar-refractivity contribution in [2.45, 2.75) is 174 Å². The second-order valence-corrected chi connectivity index (χ2v) is 17.5. The van der Waals surface area contributed by atoms with Crippen LogP contribution in [0.1, 0.15) is 138 Å². The number of esters is 2. The Hall–Kier alpha value is -3.50. The van der Waals surface area contributed by atoms with Crippen LogP contribution in [-0.2, 0) is 19.1 Å². The van der Waals surface area contributed by atoms with Gasteiger partial charge < -0.3 is 25.8 Å². The Bertz CT molecular complexity index is 1490. The lowest BCUT2D eigenvalue weighted by Gasteiger charge is -2.46. The van der Waals surface area contributed by atoms with Gasteiger partial charge in [0.25, 0.3) is 0 Å². The fourth-order valence-electron chi connectivity index (χ4n) is 8.15. The van der Waals surface area contributed by atoms with Crippen LogP contribution in [0.2, 0.25) is 0 Å². The third kappa shape index (κ3) is 13.2. The highest BCUT2D eigenvalue weighted by atomic mass is 16.5. The van der Waals surface area contributed by atoms with Gasteiger partial charge in [0.2, 0.25) is 0 Å². The maximum absolute atomic E-state index is 12.3. The summed E-state index contributed by atoms with van der Waals surface area (Å²) >= 11 is 0. The SMILES string of the molecule is CC1(C)CC(OC(=O)CCCCCCCCC(=O)OC2CC(C)(C)NC(C)(C)C2)CC(C)(C)N1.Cc1ccc(N)c(-n2nc3ccccc3n2)c1. The first kappa shape index (κ1) is 40.3. The van der Waals surface area contributed by atoms with Gasteiger partial charge in [-0.05, 0) is 105 Å². The topological polar surface area (TPSA) is 133 Å². The summed E-state index contributed by atoms with van der Waals surface area (Å²) in [6.45, 7) is 19.4. The van der Waals surface area contributed by atoms with Gasteiger partial charge >= 0.3 is 11.9 Å². The van der Waals surface area contributed by atoms with Crippen molar-refractivity contribution in [1.82, 2.24) is 25.6 Å². The number of ether oxygens (including phenoxy) is 2. The molecular formula is C41H64N6O4. The maximum atomic E-state index is 12.3. The van der Waals surface area contributed by atoms with Crippen LogP contribution in [0.25, 0.3) is 16.7 Å². The quantitative estimate of drug-likeness (QED) is 0.0971. The fourth-order valence-corrected chi connectivity index (χ4v) is 8.15. The summed E-state index contributed by atoms with van der Waals surface area (Å²) in [5.41, 5.74) is 10.3. The van der Waals surface area contributed by atoms with E-state index in [1.165, 1.54) is 0 Å². The van der Waals surface area contributed by atoms with E-state index in [0.717, 1.165) is 86.5 Å². The zero-order valence-electron chi connectivity index (χ0n) is 32.7. The Balaban J connectivity index is 0.000000283. The molecular weight excluding hydrogens is 640 g/mol. The first-order valence-electron chi connectivity index (χ1n) is 19.0. The van der Waals surface area contributed by atoms with Crippen LogP contribution < -0.4 is 16.4 Å². The Kier molecular flexibility index (Phi) is 13.3. The number of hydrogen-bond acceptors (Lipinski definition) is 9. The first-order chi connectivity index (χ1) is 23.8. The average Bonchev–Trinajstić information content (AvgIpc) is 3.41. The lowest BCUT2D eigenvalue weighted by atomic mass is 9.81. The molecule has 0 amide bonds. The molecule has 0 unspecified atom stereocenters. The van der Waals surface area contributed by atoms with Gasteiger partial charge in [-0.1, -0.05) is 43.9 Å². The van der Waals surface area contributed by atoms with Gasteiger partial charge in [-0.3, -0.25) is 9.59 Å². The summed E-state index contributed by atoms with van der Waals surface area (Å²) in [6.07, 6.45) is 10.4. The highest BCUT2D eigenvalue weighted by Crippen LogP contribution is 2.32.